The lowest BCUT2D eigenvalue weighted by Crippen LogP contribution is -2.17. The molecule has 0 aliphatic carbocycles. The minimum Gasteiger partial charge on any atom is -0.492 e. The minimum absolute atomic E-state index is 0.0370. The van der Waals surface area contributed by atoms with E-state index in [1.54, 1.807) is 18.2 Å². The molecule has 0 heterocycles. The zero-order valence-corrected chi connectivity index (χ0v) is 13.4. The third-order valence-corrected chi connectivity index (χ3v) is 4.80. The van der Waals surface area contributed by atoms with Gasteiger partial charge < -0.3 is 4.74 Å². The second-order valence-electron chi connectivity index (χ2n) is 4.20. The van der Waals surface area contributed by atoms with Gasteiger partial charge in [0, 0.05) is 4.47 Å². The van der Waals surface area contributed by atoms with Crippen LogP contribution >= 0.6 is 15.9 Å². The highest BCUT2D eigenvalue weighted by Crippen LogP contribution is 2.24. The Bertz CT molecular complexity index is 552. The molecule has 0 amide bonds. The van der Waals surface area contributed by atoms with Crippen molar-refractivity contribution in [2.45, 2.75) is 20.3 Å². The summed E-state index contributed by atoms with van der Waals surface area (Å²) in [6, 6.07) is 5.07. The van der Waals surface area contributed by atoms with E-state index < -0.39 is 9.84 Å². The fourth-order valence-corrected chi connectivity index (χ4v) is 3.10. The first-order valence-electron chi connectivity index (χ1n) is 5.99. The van der Waals surface area contributed by atoms with Crippen LogP contribution in [-0.4, -0.2) is 32.3 Å². The summed E-state index contributed by atoms with van der Waals surface area (Å²) in [6.07, 6.45) is 0.595. The summed E-state index contributed by atoms with van der Waals surface area (Å²) in [5, 5.41) is 0. The van der Waals surface area contributed by atoms with Gasteiger partial charge in [-0.1, -0.05) is 22.9 Å². The van der Waals surface area contributed by atoms with E-state index in [9.17, 15) is 13.2 Å². The van der Waals surface area contributed by atoms with Crippen molar-refractivity contribution in [1.82, 2.24) is 0 Å². The Morgan fingerprint density at radius 2 is 2.00 bits per heavy atom. The summed E-state index contributed by atoms with van der Waals surface area (Å²) in [6.45, 7) is 3.32. The predicted octanol–water partition coefficient (Wildman–Crippen LogP) is 2.86. The predicted molar refractivity (Wildman–Crippen MR) is 78.6 cm³/mol. The number of Topliss-reactive ketones (excluding diaryl/α,β-unsaturated/α-hetero) is 1. The van der Waals surface area contributed by atoms with E-state index in [0.29, 0.717) is 17.7 Å². The molecular formula is C13H17BrO4S. The largest absolute Gasteiger partial charge is 0.492 e. The molecule has 0 saturated heterocycles. The number of benzene rings is 1. The van der Waals surface area contributed by atoms with Gasteiger partial charge in [0.15, 0.2) is 15.6 Å². The van der Waals surface area contributed by atoms with Gasteiger partial charge in [0.1, 0.15) is 12.4 Å². The van der Waals surface area contributed by atoms with Crippen molar-refractivity contribution in [3.63, 3.8) is 0 Å². The molecule has 1 aromatic rings. The van der Waals surface area contributed by atoms with Crippen molar-refractivity contribution >= 4 is 31.6 Å². The molecule has 0 saturated carbocycles. The summed E-state index contributed by atoms with van der Waals surface area (Å²) >= 11 is 3.29. The van der Waals surface area contributed by atoms with Crippen LogP contribution in [0.2, 0.25) is 0 Å². The van der Waals surface area contributed by atoms with Gasteiger partial charge in [0.05, 0.1) is 17.1 Å². The van der Waals surface area contributed by atoms with Crippen LogP contribution in [0.25, 0.3) is 0 Å². The molecule has 0 unspecified atom stereocenters. The van der Waals surface area contributed by atoms with Crippen LogP contribution in [0.4, 0.5) is 0 Å². The van der Waals surface area contributed by atoms with E-state index >= 15 is 0 Å². The van der Waals surface area contributed by atoms with Crippen LogP contribution in [0, 0.1) is 0 Å². The van der Waals surface area contributed by atoms with Crippen LogP contribution in [-0.2, 0) is 9.84 Å². The highest BCUT2D eigenvalue weighted by atomic mass is 79.9. The normalized spacial score (nSPS) is 11.3. The third-order valence-electron chi connectivity index (χ3n) is 2.49. The number of halogens is 1. The Hall–Kier alpha value is -0.880. The SMILES string of the molecule is CCCS(=O)(=O)CCOc1cc(Br)ccc1C(C)=O. The van der Waals surface area contributed by atoms with Gasteiger partial charge in [-0.2, -0.15) is 0 Å². The molecule has 0 aromatic heterocycles. The fourth-order valence-electron chi connectivity index (χ4n) is 1.60. The highest BCUT2D eigenvalue weighted by Gasteiger charge is 2.12. The molecule has 1 rings (SSSR count). The molecule has 106 valence electrons. The van der Waals surface area contributed by atoms with Crippen LogP contribution in [0.3, 0.4) is 0 Å². The van der Waals surface area contributed by atoms with Crippen molar-refractivity contribution in [2.24, 2.45) is 0 Å². The first-order valence-corrected chi connectivity index (χ1v) is 8.61. The van der Waals surface area contributed by atoms with Crippen LogP contribution < -0.4 is 4.74 Å². The van der Waals surface area contributed by atoms with Crippen molar-refractivity contribution in [3.05, 3.63) is 28.2 Å². The number of rotatable bonds is 7. The maximum absolute atomic E-state index is 11.6. The monoisotopic (exact) mass is 348 g/mol. The van der Waals surface area contributed by atoms with Gasteiger partial charge in [0.25, 0.3) is 0 Å². The quantitative estimate of drug-likeness (QED) is 0.711. The maximum atomic E-state index is 11.6. The Kier molecular flexibility index (Phi) is 6.00. The molecule has 0 aliphatic rings. The molecule has 0 spiro atoms. The zero-order chi connectivity index (χ0) is 14.5. The second-order valence-corrected chi connectivity index (χ2v) is 7.42. The maximum Gasteiger partial charge on any atom is 0.163 e. The molecule has 6 heteroatoms. The smallest absolute Gasteiger partial charge is 0.163 e. The summed E-state index contributed by atoms with van der Waals surface area (Å²) in [7, 11) is -3.07. The van der Waals surface area contributed by atoms with Crippen LogP contribution in [0.1, 0.15) is 30.6 Å². The lowest BCUT2D eigenvalue weighted by atomic mass is 10.1. The summed E-state index contributed by atoms with van der Waals surface area (Å²) in [5.74, 6) is 0.423. The Balaban J connectivity index is 2.73. The van der Waals surface area contributed by atoms with E-state index in [-0.39, 0.29) is 23.9 Å². The minimum atomic E-state index is -3.07. The van der Waals surface area contributed by atoms with Gasteiger partial charge >= 0.3 is 0 Å². The standard InChI is InChI=1S/C13H17BrO4S/c1-3-7-19(16,17)8-6-18-13-9-11(14)4-5-12(13)10(2)15/h4-5,9H,3,6-8H2,1-2H3. The van der Waals surface area contributed by atoms with E-state index in [1.807, 2.05) is 6.92 Å². The Morgan fingerprint density at radius 3 is 2.58 bits per heavy atom. The van der Waals surface area contributed by atoms with Crippen molar-refractivity contribution < 1.29 is 17.9 Å². The fraction of sp³-hybridized carbons (Fsp3) is 0.462. The average Bonchev–Trinajstić information content (AvgIpc) is 2.28. The topological polar surface area (TPSA) is 60.4 Å². The third kappa shape index (κ3) is 5.32. The zero-order valence-electron chi connectivity index (χ0n) is 11.0. The van der Waals surface area contributed by atoms with E-state index in [2.05, 4.69) is 15.9 Å². The number of hydrogen-bond donors (Lipinski definition) is 0. The molecule has 0 aliphatic heterocycles. The number of ketones is 1. The van der Waals surface area contributed by atoms with Gasteiger partial charge in [-0.3, -0.25) is 4.79 Å². The molecule has 0 bridgehead atoms. The van der Waals surface area contributed by atoms with E-state index in [1.165, 1.54) is 6.92 Å². The molecule has 19 heavy (non-hydrogen) atoms. The average molecular weight is 349 g/mol. The summed E-state index contributed by atoms with van der Waals surface area (Å²) < 4.78 is 29.3. The van der Waals surface area contributed by atoms with Crippen LogP contribution in [0.5, 0.6) is 5.75 Å². The molecular weight excluding hydrogens is 332 g/mol. The Labute approximate surface area is 122 Å². The number of sulfone groups is 1. The van der Waals surface area contributed by atoms with Gasteiger partial charge in [-0.05, 0) is 31.5 Å². The lowest BCUT2D eigenvalue weighted by Gasteiger charge is -2.10. The number of hydrogen-bond acceptors (Lipinski definition) is 4. The second kappa shape index (κ2) is 7.05. The summed E-state index contributed by atoms with van der Waals surface area (Å²) in [4.78, 5) is 11.4. The summed E-state index contributed by atoms with van der Waals surface area (Å²) in [5.41, 5.74) is 0.455. The first-order chi connectivity index (χ1) is 8.85. The molecule has 0 atom stereocenters. The van der Waals surface area contributed by atoms with Gasteiger partial charge in [-0.15, -0.1) is 0 Å². The lowest BCUT2D eigenvalue weighted by molar-refractivity contribution is 0.101. The van der Waals surface area contributed by atoms with E-state index in [4.69, 9.17) is 4.74 Å². The number of ether oxygens (including phenoxy) is 1. The van der Waals surface area contributed by atoms with Gasteiger partial charge in [0.2, 0.25) is 0 Å². The molecule has 0 fully saturated rings. The Morgan fingerprint density at radius 1 is 1.32 bits per heavy atom. The highest BCUT2D eigenvalue weighted by molar-refractivity contribution is 9.10. The van der Waals surface area contributed by atoms with Crippen LogP contribution in [0.15, 0.2) is 22.7 Å². The molecule has 4 nitrogen and oxygen atoms in total. The number of carbonyl (C=O) groups is 1. The first kappa shape index (κ1) is 16.2. The molecule has 0 radical (unpaired) electrons. The molecule has 0 N–H and O–H groups in total. The van der Waals surface area contributed by atoms with Crippen molar-refractivity contribution in [2.75, 3.05) is 18.1 Å². The van der Waals surface area contributed by atoms with E-state index in [0.717, 1.165) is 4.47 Å². The van der Waals surface area contributed by atoms with Gasteiger partial charge in [-0.25, -0.2) is 8.42 Å². The number of carbonyl (C=O) groups excluding carboxylic acids is 1. The molecule has 1 aromatic carbocycles. The van der Waals surface area contributed by atoms with Crippen molar-refractivity contribution in [3.8, 4) is 5.75 Å². The van der Waals surface area contributed by atoms with Crippen molar-refractivity contribution in [1.29, 1.82) is 0 Å².